The number of rotatable bonds is 11. The molecular weight excluding hydrogens is 406 g/mol. The van der Waals surface area contributed by atoms with E-state index in [1.807, 2.05) is 32.0 Å². The normalized spacial score (nSPS) is 13.6. The van der Waals surface area contributed by atoms with Gasteiger partial charge in [-0.3, -0.25) is 4.79 Å². The maximum Gasteiger partial charge on any atom is 0.252 e. The molecule has 2 N–H and O–H groups in total. The van der Waals surface area contributed by atoms with Gasteiger partial charge in [-0.05, 0) is 55.5 Å². The maximum absolute atomic E-state index is 13.0. The van der Waals surface area contributed by atoms with Crippen molar-refractivity contribution in [2.75, 3.05) is 6.61 Å². The summed E-state index contributed by atoms with van der Waals surface area (Å²) < 4.78 is 7.77. The molecule has 3 rings (SSSR count). The minimum absolute atomic E-state index is 0.134. The Morgan fingerprint density at radius 2 is 2.03 bits per heavy atom. The van der Waals surface area contributed by atoms with Crippen LogP contribution in [-0.2, 0) is 11.2 Å². The number of nitrogens with one attached hydrogen (secondary N) is 1. The molecule has 7 heteroatoms. The molecule has 0 spiro atoms. The zero-order chi connectivity index (χ0) is 23.3. The van der Waals surface area contributed by atoms with Crippen LogP contribution in [0.5, 0.6) is 0 Å². The van der Waals surface area contributed by atoms with Gasteiger partial charge in [-0.25, -0.2) is 4.98 Å². The molecule has 7 nitrogen and oxygen atoms in total. The Bertz CT molecular complexity index is 1050. The second-order valence-corrected chi connectivity index (χ2v) is 8.81. The first-order valence-corrected chi connectivity index (χ1v) is 11.3. The van der Waals surface area contributed by atoms with Gasteiger partial charge < -0.3 is 24.2 Å². The van der Waals surface area contributed by atoms with Gasteiger partial charge in [-0.1, -0.05) is 27.7 Å². The van der Waals surface area contributed by atoms with Gasteiger partial charge >= 0.3 is 0 Å². The summed E-state index contributed by atoms with van der Waals surface area (Å²) in [5, 5.41) is 12.5. The molecule has 0 aliphatic heterocycles. The van der Waals surface area contributed by atoms with Crippen LogP contribution in [0.3, 0.4) is 0 Å². The fourth-order valence-corrected chi connectivity index (χ4v) is 4.34. The van der Waals surface area contributed by atoms with Crippen molar-refractivity contribution in [3.05, 3.63) is 53.7 Å². The number of carbonyl (C=O) groups excluding carboxylic acids is 2. The molecule has 32 heavy (non-hydrogen) atoms. The molecule has 1 atom stereocenters. The summed E-state index contributed by atoms with van der Waals surface area (Å²) in [4.78, 5) is 29.5. The molecule has 2 heterocycles. The Balaban J connectivity index is 1.99. The van der Waals surface area contributed by atoms with Crippen LogP contribution in [0.15, 0.2) is 41.0 Å². The zero-order valence-electron chi connectivity index (χ0n) is 19.3. The van der Waals surface area contributed by atoms with E-state index in [0.29, 0.717) is 24.7 Å². The molecule has 0 unspecified atom stereocenters. The molecule has 0 saturated heterocycles. The number of aromatic nitrogens is 2. The van der Waals surface area contributed by atoms with Crippen molar-refractivity contribution >= 4 is 23.2 Å². The number of amides is 1. The van der Waals surface area contributed by atoms with E-state index in [-0.39, 0.29) is 12.0 Å². The lowest BCUT2D eigenvalue weighted by atomic mass is 9.90. The summed E-state index contributed by atoms with van der Waals surface area (Å²) in [6.45, 7) is 7.75. The highest BCUT2D eigenvalue weighted by molar-refractivity contribution is 5.99. The van der Waals surface area contributed by atoms with Crippen LogP contribution in [0.2, 0.25) is 0 Å². The number of imidazole rings is 1. The number of carbonyl (C=O) groups is 2. The van der Waals surface area contributed by atoms with Crippen molar-refractivity contribution in [2.24, 2.45) is 5.92 Å². The predicted octanol–water partition coefficient (Wildman–Crippen LogP) is 4.29. The Morgan fingerprint density at radius 3 is 2.59 bits per heavy atom. The van der Waals surface area contributed by atoms with Crippen LogP contribution in [0.4, 0.5) is 0 Å². The van der Waals surface area contributed by atoms with Crippen molar-refractivity contribution in [1.82, 2.24) is 14.9 Å². The molecule has 0 aliphatic carbocycles. The highest BCUT2D eigenvalue weighted by Crippen LogP contribution is 2.28. The number of nitrogens with zero attached hydrogens (tertiary/aromatic N) is 2. The van der Waals surface area contributed by atoms with E-state index >= 15 is 0 Å². The van der Waals surface area contributed by atoms with Crippen LogP contribution in [0, 0.1) is 5.92 Å². The molecule has 0 saturated carbocycles. The number of furan rings is 1. The van der Waals surface area contributed by atoms with Gasteiger partial charge in [-0.15, -0.1) is 0 Å². The topological polar surface area (TPSA) is 97.4 Å². The standard InChI is InChI=1S/C25H33N3O4/c1-5-19(6-2)28-22-10-9-18(24(31)27-25(15-29,16-30)14-17(3)4)12-21(22)26-23(28)13-20-8-7-11-32-20/h7-12,15,17,19,30H,5-6,13-14,16H2,1-4H3,(H,27,31)/t25-/m0/s1. The summed E-state index contributed by atoms with van der Waals surface area (Å²) in [6, 6.07) is 9.48. The average molecular weight is 440 g/mol. The second-order valence-electron chi connectivity index (χ2n) is 8.81. The molecular formula is C25H33N3O4. The van der Waals surface area contributed by atoms with Gasteiger partial charge in [0.05, 0.1) is 30.3 Å². The molecule has 172 valence electrons. The average Bonchev–Trinajstić information content (AvgIpc) is 3.41. The number of hydrogen-bond acceptors (Lipinski definition) is 5. The van der Waals surface area contributed by atoms with Crippen LogP contribution >= 0.6 is 0 Å². The first kappa shape index (κ1) is 23.7. The molecule has 0 aliphatic rings. The van der Waals surface area contributed by atoms with E-state index in [2.05, 4.69) is 23.7 Å². The summed E-state index contributed by atoms with van der Waals surface area (Å²) in [5.74, 6) is 1.45. The SMILES string of the molecule is CCC(CC)n1c(Cc2ccco2)nc2cc(C(=O)N[C@@](C=O)(CO)CC(C)C)ccc21. The van der Waals surface area contributed by atoms with Crippen LogP contribution in [0.1, 0.15) is 74.9 Å². The fraction of sp³-hybridized carbons (Fsp3) is 0.480. The monoisotopic (exact) mass is 439 g/mol. The van der Waals surface area contributed by atoms with Crippen molar-refractivity contribution < 1.29 is 19.1 Å². The van der Waals surface area contributed by atoms with Crippen LogP contribution < -0.4 is 5.32 Å². The molecule has 1 amide bonds. The molecule has 3 aromatic rings. The quantitative estimate of drug-likeness (QED) is 0.435. The minimum Gasteiger partial charge on any atom is -0.469 e. The third-order valence-corrected chi connectivity index (χ3v) is 5.89. The van der Waals surface area contributed by atoms with E-state index < -0.39 is 18.1 Å². The lowest BCUT2D eigenvalue weighted by Gasteiger charge is -2.28. The van der Waals surface area contributed by atoms with Gasteiger partial charge in [0, 0.05) is 11.6 Å². The number of aliphatic hydroxyl groups is 1. The zero-order valence-corrected chi connectivity index (χ0v) is 19.3. The van der Waals surface area contributed by atoms with E-state index in [1.165, 1.54) is 0 Å². The van der Waals surface area contributed by atoms with E-state index in [9.17, 15) is 14.7 Å². The number of aliphatic hydroxyl groups excluding tert-OH is 1. The molecule has 0 radical (unpaired) electrons. The Morgan fingerprint density at radius 1 is 1.28 bits per heavy atom. The van der Waals surface area contributed by atoms with Crippen molar-refractivity contribution in [3.63, 3.8) is 0 Å². The van der Waals surface area contributed by atoms with E-state index in [1.54, 1.807) is 18.4 Å². The third kappa shape index (κ3) is 4.93. The van der Waals surface area contributed by atoms with E-state index in [4.69, 9.17) is 9.40 Å². The first-order chi connectivity index (χ1) is 15.4. The van der Waals surface area contributed by atoms with Crippen molar-refractivity contribution in [3.8, 4) is 0 Å². The van der Waals surface area contributed by atoms with Gasteiger partial charge in [-0.2, -0.15) is 0 Å². The smallest absolute Gasteiger partial charge is 0.252 e. The van der Waals surface area contributed by atoms with E-state index in [0.717, 1.165) is 35.5 Å². The summed E-state index contributed by atoms with van der Waals surface area (Å²) in [5.41, 5.74) is 0.789. The summed E-state index contributed by atoms with van der Waals surface area (Å²) >= 11 is 0. The van der Waals surface area contributed by atoms with Gasteiger partial charge in [0.2, 0.25) is 0 Å². The lowest BCUT2D eigenvalue weighted by molar-refractivity contribution is -0.115. The summed E-state index contributed by atoms with van der Waals surface area (Å²) in [6.07, 6.45) is 5.13. The molecule has 2 aromatic heterocycles. The Hall–Kier alpha value is -2.93. The molecule has 0 fully saturated rings. The second kappa shape index (κ2) is 10.1. The molecule has 1 aromatic carbocycles. The predicted molar refractivity (Wildman–Crippen MR) is 124 cm³/mol. The summed E-state index contributed by atoms with van der Waals surface area (Å²) in [7, 11) is 0. The highest BCUT2D eigenvalue weighted by Gasteiger charge is 2.32. The van der Waals surface area contributed by atoms with Crippen LogP contribution in [0.25, 0.3) is 11.0 Å². The Kier molecular flexibility index (Phi) is 7.51. The van der Waals surface area contributed by atoms with Crippen LogP contribution in [-0.4, -0.2) is 39.0 Å². The number of benzene rings is 1. The highest BCUT2D eigenvalue weighted by atomic mass is 16.3. The van der Waals surface area contributed by atoms with Gasteiger partial charge in [0.25, 0.3) is 5.91 Å². The van der Waals surface area contributed by atoms with Crippen molar-refractivity contribution in [2.45, 2.75) is 65.0 Å². The molecule has 0 bridgehead atoms. The third-order valence-electron chi connectivity index (χ3n) is 5.89. The first-order valence-electron chi connectivity index (χ1n) is 11.3. The lowest BCUT2D eigenvalue weighted by Crippen LogP contribution is -2.53. The number of aldehydes is 1. The number of fused-ring (bicyclic) bond motifs is 1. The fourth-order valence-electron chi connectivity index (χ4n) is 4.34. The van der Waals surface area contributed by atoms with Crippen molar-refractivity contribution in [1.29, 1.82) is 0 Å². The Labute approximate surface area is 188 Å². The number of hydrogen-bond donors (Lipinski definition) is 2. The minimum atomic E-state index is -1.29. The van der Waals surface area contributed by atoms with Gasteiger partial charge in [0.15, 0.2) is 0 Å². The largest absolute Gasteiger partial charge is 0.469 e. The van der Waals surface area contributed by atoms with Gasteiger partial charge in [0.1, 0.15) is 23.4 Å². The maximum atomic E-state index is 13.0.